The second-order valence-corrected chi connectivity index (χ2v) is 5.32. The van der Waals surface area contributed by atoms with E-state index in [9.17, 15) is 5.26 Å². The highest BCUT2D eigenvalue weighted by Gasteiger charge is 2.30. The molecule has 0 spiro atoms. The Bertz CT molecular complexity index is 775. The molecule has 0 amide bonds. The van der Waals surface area contributed by atoms with Crippen molar-refractivity contribution in [3.63, 3.8) is 0 Å². The predicted molar refractivity (Wildman–Crippen MR) is 84.3 cm³/mol. The first-order valence-electron chi connectivity index (χ1n) is 6.90. The lowest BCUT2D eigenvalue weighted by Crippen LogP contribution is -2.21. The Morgan fingerprint density at radius 3 is 2.59 bits per heavy atom. The van der Waals surface area contributed by atoms with E-state index in [4.69, 9.17) is 10.5 Å². The van der Waals surface area contributed by atoms with Crippen molar-refractivity contribution in [3.8, 4) is 11.8 Å². The smallest absolute Gasteiger partial charge is 0.205 e. The molecule has 5 nitrogen and oxygen atoms in total. The third-order valence-corrected chi connectivity index (χ3v) is 3.76. The quantitative estimate of drug-likeness (QED) is 0.919. The fourth-order valence-electron chi connectivity index (χ4n) is 2.62. The fraction of sp³-hybridized carbons (Fsp3) is 0.176. The van der Waals surface area contributed by atoms with Gasteiger partial charge < -0.3 is 15.4 Å². The summed E-state index contributed by atoms with van der Waals surface area (Å²) in [5, 5.41) is 9.47. The van der Waals surface area contributed by atoms with Crippen LogP contribution in [0.15, 0.2) is 54.2 Å². The topological polar surface area (TPSA) is 75.2 Å². The van der Waals surface area contributed by atoms with Crippen molar-refractivity contribution >= 4 is 5.69 Å². The van der Waals surface area contributed by atoms with Gasteiger partial charge >= 0.3 is 0 Å². The third kappa shape index (κ3) is 2.25. The summed E-state index contributed by atoms with van der Waals surface area (Å²) >= 11 is 0. The van der Waals surface area contributed by atoms with Crippen LogP contribution >= 0.6 is 0 Å². The van der Waals surface area contributed by atoms with Crippen molar-refractivity contribution in [2.24, 2.45) is 5.73 Å². The van der Waals surface area contributed by atoms with Gasteiger partial charge in [0, 0.05) is 43.8 Å². The first kappa shape index (κ1) is 14.0. The highest BCUT2D eigenvalue weighted by molar-refractivity contribution is 5.61. The van der Waals surface area contributed by atoms with E-state index in [1.165, 1.54) is 0 Å². The number of pyridine rings is 1. The van der Waals surface area contributed by atoms with Crippen LogP contribution in [-0.4, -0.2) is 19.1 Å². The molecule has 0 aliphatic carbocycles. The summed E-state index contributed by atoms with van der Waals surface area (Å²) < 4.78 is 5.67. The number of nitrogens with zero attached hydrogens (tertiary/aromatic N) is 3. The van der Waals surface area contributed by atoms with Gasteiger partial charge in [0.25, 0.3) is 0 Å². The second-order valence-electron chi connectivity index (χ2n) is 5.32. The van der Waals surface area contributed by atoms with Gasteiger partial charge in [-0.25, -0.2) is 0 Å². The number of hydrogen-bond donors (Lipinski definition) is 1. The molecule has 5 heteroatoms. The fourth-order valence-corrected chi connectivity index (χ4v) is 2.62. The number of hydrogen-bond acceptors (Lipinski definition) is 5. The van der Waals surface area contributed by atoms with E-state index >= 15 is 0 Å². The summed E-state index contributed by atoms with van der Waals surface area (Å²) in [5.74, 6) is 0.616. The molecule has 2 heterocycles. The van der Waals surface area contributed by atoms with E-state index in [0.717, 1.165) is 16.8 Å². The number of rotatable bonds is 2. The second kappa shape index (κ2) is 5.41. The van der Waals surface area contributed by atoms with E-state index < -0.39 is 0 Å². The van der Waals surface area contributed by atoms with Gasteiger partial charge in [-0.1, -0.05) is 6.07 Å². The minimum atomic E-state index is -0.229. The molecule has 0 radical (unpaired) electrons. The van der Waals surface area contributed by atoms with E-state index in [0.29, 0.717) is 11.3 Å². The summed E-state index contributed by atoms with van der Waals surface area (Å²) in [6.07, 6.45) is 3.42. The maximum Gasteiger partial charge on any atom is 0.205 e. The molecule has 1 aliphatic rings. The van der Waals surface area contributed by atoms with E-state index in [-0.39, 0.29) is 11.8 Å². The normalized spacial score (nSPS) is 16.5. The van der Waals surface area contributed by atoms with Crippen LogP contribution in [0, 0.1) is 11.3 Å². The van der Waals surface area contributed by atoms with Crippen molar-refractivity contribution in [1.29, 1.82) is 5.26 Å². The average molecular weight is 292 g/mol. The summed E-state index contributed by atoms with van der Waals surface area (Å²) in [6.45, 7) is 0. The molecule has 110 valence electrons. The van der Waals surface area contributed by atoms with Crippen molar-refractivity contribution in [2.75, 3.05) is 19.0 Å². The van der Waals surface area contributed by atoms with Crippen LogP contribution in [0.4, 0.5) is 5.69 Å². The largest absolute Gasteiger partial charge is 0.440 e. The zero-order valence-electron chi connectivity index (χ0n) is 12.4. The Hall–Kier alpha value is -3.00. The van der Waals surface area contributed by atoms with Gasteiger partial charge in [0.2, 0.25) is 5.88 Å². The number of nitrogens with two attached hydrogens (primary N) is 1. The number of anilines is 1. The molecule has 0 unspecified atom stereocenters. The van der Waals surface area contributed by atoms with Gasteiger partial charge in [-0.3, -0.25) is 4.98 Å². The van der Waals surface area contributed by atoms with Gasteiger partial charge in [0.1, 0.15) is 17.4 Å². The van der Waals surface area contributed by atoms with Crippen molar-refractivity contribution in [1.82, 2.24) is 4.98 Å². The first-order chi connectivity index (χ1) is 10.6. The summed E-state index contributed by atoms with van der Waals surface area (Å²) in [4.78, 5) is 6.03. The maximum absolute atomic E-state index is 9.47. The number of allylic oxidation sites excluding steroid dienone is 1. The van der Waals surface area contributed by atoms with Crippen molar-refractivity contribution in [2.45, 2.75) is 5.92 Å². The summed E-state index contributed by atoms with van der Waals surface area (Å²) in [6, 6.07) is 11.9. The minimum absolute atomic E-state index is 0.160. The summed E-state index contributed by atoms with van der Waals surface area (Å²) in [5.41, 5.74) is 9.31. The van der Waals surface area contributed by atoms with E-state index in [2.05, 4.69) is 11.1 Å². The monoisotopic (exact) mass is 292 g/mol. The molecular formula is C17H16N4O. The lowest BCUT2D eigenvalue weighted by Gasteiger charge is -2.27. The van der Waals surface area contributed by atoms with Crippen LogP contribution in [0.25, 0.3) is 0 Å². The molecule has 0 fully saturated rings. The first-order valence-corrected chi connectivity index (χ1v) is 6.90. The van der Waals surface area contributed by atoms with Crippen molar-refractivity contribution in [3.05, 3.63) is 65.3 Å². The highest BCUT2D eigenvalue weighted by Crippen LogP contribution is 2.43. The van der Waals surface area contributed by atoms with Crippen LogP contribution in [0.2, 0.25) is 0 Å². The molecular weight excluding hydrogens is 276 g/mol. The van der Waals surface area contributed by atoms with Crippen molar-refractivity contribution < 1.29 is 4.74 Å². The molecule has 0 saturated carbocycles. The molecule has 1 aromatic heterocycles. The lowest BCUT2D eigenvalue weighted by molar-refractivity contribution is 0.394. The number of aromatic nitrogens is 1. The standard InChI is InChI=1S/C17H16N4O/c1-21(2)12-3-4-13-15(9-12)22-17(19)14(10-18)16(13)11-5-7-20-8-6-11/h3-9,16H,19H2,1-2H3/t16-/m1/s1. The number of ether oxygens (including phenoxy) is 1. The lowest BCUT2D eigenvalue weighted by atomic mass is 9.84. The van der Waals surface area contributed by atoms with Gasteiger partial charge in [0.15, 0.2) is 0 Å². The molecule has 1 atom stereocenters. The van der Waals surface area contributed by atoms with E-state index in [1.807, 2.05) is 49.3 Å². The van der Waals surface area contributed by atoms with Crippen LogP contribution in [-0.2, 0) is 0 Å². The zero-order chi connectivity index (χ0) is 15.7. The SMILES string of the molecule is CN(C)c1ccc2c(c1)OC(N)=C(C#N)[C@@H]2c1ccncc1. The van der Waals surface area contributed by atoms with E-state index in [1.54, 1.807) is 12.4 Å². The molecule has 22 heavy (non-hydrogen) atoms. The van der Waals surface area contributed by atoms with Gasteiger partial charge in [-0.15, -0.1) is 0 Å². The Kier molecular flexibility index (Phi) is 3.43. The van der Waals surface area contributed by atoms with Gasteiger partial charge in [-0.05, 0) is 23.8 Å². The molecule has 2 N–H and O–H groups in total. The van der Waals surface area contributed by atoms with Crippen LogP contribution < -0.4 is 15.4 Å². The summed E-state index contributed by atoms with van der Waals surface area (Å²) in [7, 11) is 3.93. The Morgan fingerprint density at radius 2 is 1.95 bits per heavy atom. The molecule has 0 bridgehead atoms. The minimum Gasteiger partial charge on any atom is -0.440 e. The highest BCUT2D eigenvalue weighted by atomic mass is 16.5. The molecule has 1 aliphatic heterocycles. The van der Waals surface area contributed by atoms with Crippen LogP contribution in [0.5, 0.6) is 5.75 Å². The average Bonchev–Trinajstić information content (AvgIpc) is 2.53. The molecule has 0 saturated heterocycles. The predicted octanol–water partition coefficient (Wildman–Crippen LogP) is 2.37. The number of benzene rings is 1. The number of fused-ring (bicyclic) bond motifs is 1. The third-order valence-electron chi connectivity index (χ3n) is 3.76. The Balaban J connectivity index is 2.18. The Labute approximate surface area is 129 Å². The molecule has 2 aromatic rings. The zero-order valence-corrected chi connectivity index (χ0v) is 12.4. The molecule has 3 rings (SSSR count). The number of nitriles is 1. The molecule has 1 aromatic carbocycles. The Morgan fingerprint density at radius 1 is 1.23 bits per heavy atom. The maximum atomic E-state index is 9.47. The van der Waals surface area contributed by atoms with Gasteiger partial charge in [-0.2, -0.15) is 5.26 Å². The van der Waals surface area contributed by atoms with Crippen LogP contribution in [0.3, 0.4) is 0 Å². The van der Waals surface area contributed by atoms with Crippen LogP contribution in [0.1, 0.15) is 17.0 Å². The van der Waals surface area contributed by atoms with Gasteiger partial charge in [0.05, 0.1) is 5.92 Å².